The number of nitrogens with one attached hydrogen (secondary N) is 1. The SMILES string of the molecule is O=[N+]([O-])c1cc2c(cc1C1NN=C(c3ccccc3O)S1)OCO2. The Morgan fingerprint density at radius 3 is 2.79 bits per heavy atom. The fourth-order valence-corrected chi connectivity index (χ4v) is 3.56. The summed E-state index contributed by atoms with van der Waals surface area (Å²) in [5.74, 6) is 0.927. The van der Waals surface area contributed by atoms with Gasteiger partial charge in [0.1, 0.15) is 16.2 Å². The molecule has 0 spiro atoms. The van der Waals surface area contributed by atoms with Crippen molar-refractivity contribution in [3.05, 3.63) is 57.6 Å². The lowest BCUT2D eigenvalue weighted by Crippen LogP contribution is -2.09. The second-order valence-electron chi connectivity index (χ2n) is 5.08. The van der Waals surface area contributed by atoms with Crippen molar-refractivity contribution in [3.63, 3.8) is 0 Å². The van der Waals surface area contributed by atoms with Crippen molar-refractivity contribution in [3.8, 4) is 17.2 Å². The number of nitro groups is 1. The molecule has 0 bridgehead atoms. The molecule has 8 nitrogen and oxygen atoms in total. The topological polar surface area (TPSA) is 106 Å². The van der Waals surface area contributed by atoms with Gasteiger partial charge >= 0.3 is 0 Å². The molecule has 122 valence electrons. The number of phenolic OH excluding ortho intramolecular Hbond substituents is 1. The van der Waals surface area contributed by atoms with Crippen LogP contribution in [0.15, 0.2) is 41.5 Å². The van der Waals surface area contributed by atoms with Gasteiger partial charge in [0.05, 0.1) is 22.1 Å². The largest absolute Gasteiger partial charge is 0.507 e. The lowest BCUT2D eigenvalue weighted by molar-refractivity contribution is -0.385. The molecule has 0 amide bonds. The van der Waals surface area contributed by atoms with Gasteiger partial charge < -0.3 is 14.6 Å². The number of fused-ring (bicyclic) bond motifs is 1. The maximum Gasteiger partial charge on any atom is 0.279 e. The molecule has 0 saturated carbocycles. The number of nitrogens with zero attached hydrogens (tertiary/aromatic N) is 2. The van der Waals surface area contributed by atoms with E-state index in [2.05, 4.69) is 10.5 Å². The van der Waals surface area contributed by atoms with E-state index in [9.17, 15) is 15.2 Å². The minimum Gasteiger partial charge on any atom is -0.507 e. The molecule has 0 radical (unpaired) electrons. The molecule has 2 aromatic carbocycles. The third-order valence-corrected chi connectivity index (χ3v) is 4.78. The van der Waals surface area contributed by atoms with E-state index < -0.39 is 10.3 Å². The molecule has 0 fully saturated rings. The molecule has 0 saturated heterocycles. The standard InChI is InChI=1S/C15H11N3O5S/c19-11-4-2-1-3-8(11)14-16-17-15(24-14)9-5-12-13(23-7-22-12)6-10(9)18(20)21/h1-6,15,17,19H,7H2. The number of hydrazone groups is 1. The van der Waals surface area contributed by atoms with E-state index in [1.54, 1.807) is 30.3 Å². The van der Waals surface area contributed by atoms with Crippen molar-refractivity contribution in [2.75, 3.05) is 6.79 Å². The zero-order valence-corrected chi connectivity index (χ0v) is 12.9. The molecule has 0 aliphatic carbocycles. The monoisotopic (exact) mass is 345 g/mol. The molecular formula is C15H11N3O5S. The summed E-state index contributed by atoms with van der Waals surface area (Å²) >= 11 is 1.29. The van der Waals surface area contributed by atoms with Crippen LogP contribution in [0.5, 0.6) is 17.2 Å². The van der Waals surface area contributed by atoms with Crippen LogP contribution < -0.4 is 14.9 Å². The molecule has 2 heterocycles. The van der Waals surface area contributed by atoms with Gasteiger partial charge in [-0.05, 0) is 18.2 Å². The average Bonchev–Trinajstić information content (AvgIpc) is 3.22. The quantitative estimate of drug-likeness (QED) is 0.650. The van der Waals surface area contributed by atoms with Crippen LogP contribution in [0, 0.1) is 10.1 Å². The summed E-state index contributed by atoms with van der Waals surface area (Å²) in [5.41, 5.74) is 3.81. The molecule has 2 aromatic rings. The van der Waals surface area contributed by atoms with Gasteiger partial charge in [0, 0.05) is 0 Å². The second kappa shape index (κ2) is 5.60. The third kappa shape index (κ3) is 2.38. The van der Waals surface area contributed by atoms with Crippen LogP contribution in [-0.2, 0) is 0 Å². The molecule has 0 aromatic heterocycles. The van der Waals surface area contributed by atoms with Crippen LogP contribution >= 0.6 is 11.8 Å². The van der Waals surface area contributed by atoms with E-state index in [-0.39, 0.29) is 18.2 Å². The predicted molar refractivity (Wildman–Crippen MR) is 87.3 cm³/mol. The van der Waals surface area contributed by atoms with E-state index in [4.69, 9.17) is 9.47 Å². The Bertz CT molecular complexity index is 870. The number of ether oxygens (including phenoxy) is 2. The molecule has 1 atom stereocenters. The highest BCUT2D eigenvalue weighted by Gasteiger charge is 2.32. The Morgan fingerprint density at radius 2 is 2.04 bits per heavy atom. The Hall–Kier alpha value is -2.94. The number of aromatic hydroxyl groups is 1. The summed E-state index contributed by atoms with van der Waals surface area (Å²) in [6.45, 7) is 0.0425. The molecule has 24 heavy (non-hydrogen) atoms. The molecule has 1 unspecified atom stereocenters. The lowest BCUT2D eigenvalue weighted by Gasteiger charge is -2.11. The van der Waals surface area contributed by atoms with Gasteiger partial charge in [-0.25, -0.2) is 0 Å². The minimum absolute atomic E-state index is 0.0425. The Balaban J connectivity index is 1.67. The summed E-state index contributed by atoms with van der Waals surface area (Å²) in [6.07, 6.45) is 0. The number of nitro benzene ring substituents is 1. The van der Waals surface area contributed by atoms with Crippen LogP contribution in [-0.4, -0.2) is 21.9 Å². The van der Waals surface area contributed by atoms with E-state index in [0.717, 1.165) is 0 Å². The van der Waals surface area contributed by atoms with Crippen LogP contribution in [0.25, 0.3) is 0 Å². The number of phenols is 1. The van der Waals surface area contributed by atoms with Crippen LogP contribution in [0.3, 0.4) is 0 Å². The summed E-state index contributed by atoms with van der Waals surface area (Å²) in [5, 5.41) is 25.6. The smallest absolute Gasteiger partial charge is 0.279 e. The fourth-order valence-electron chi connectivity index (χ4n) is 2.51. The number of thioether (sulfide) groups is 1. The number of benzene rings is 2. The molecular weight excluding hydrogens is 334 g/mol. The van der Waals surface area contributed by atoms with Crippen molar-refractivity contribution in [1.82, 2.24) is 5.43 Å². The van der Waals surface area contributed by atoms with Crippen molar-refractivity contribution >= 4 is 22.5 Å². The zero-order chi connectivity index (χ0) is 16.7. The average molecular weight is 345 g/mol. The summed E-state index contributed by atoms with van der Waals surface area (Å²) in [6, 6.07) is 9.75. The van der Waals surface area contributed by atoms with Crippen LogP contribution in [0.4, 0.5) is 5.69 Å². The van der Waals surface area contributed by atoms with Crippen molar-refractivity contribution in [2.24, 2.45) is 5.10 Å². The first-order chi connectivity index (χ1) is 11.6. The highest BCUT2D eigenvalue weighted by Crippen LogP contribution is 2.45. The normalized spacial score (nSPS) is 18.2. The highest BCUT2D eigenvalue weighted by molar-refractivity contribution is 8.14. The summed E-state index contributed by atoms with van der Waals surface area (Å²) < 4.78 is 10.5. The number of rotatable bonds is 3. The van der Waals surface area contributed by atoms with Crippen molar-refractivity contribution in [2.45, 2.75) is 5.37 Å². The van der Waals surface area contributed by atoms with Gasteiger partial charge in [-0.1, -0.05) is 23.9 Å². The van der Waals surface area contributed by atoms with E-state index in [1.807, 2.05) is 0 Å². The van der Waals surface area contributed by atoms with Crippen molar-refractivity contribution < 1.29 is 19.5 Å². The van der Waals surface area contributed by atoms with E-state index in [1.165, 1.54) is 17.8 Å². The van der Waals surface area contributed by atoms with Gasteiger partial charge in [0.15, 0.2) is 11.5 Å². The molecule has 9 heteroatoms. The highest BCUT2D eigenvalue weighted by atomic mass is 32.2. The number of para-hydroxylation sites is 1. The Kier molecular flexibility index (Phi) is 3.42. The van der Waals surface area contributed by atoms with Gasteiger partial charge in [0.2, 0.25) is 6.79 Å². The third-order valence-electron chi connectivity index (χ3n) is 3.65. The van der Waals surface area contributed by atoms with E-state index in [0.29, 0.717) is 27.7 Å². The summed E-state index contributed by atoms with van der Waals surface area (Å²) in [4.78, 5) is 10.9. The maximum absolute atomic E-state index is 11.4. The molecule has 2 aliphatic rings. The number of hydrogen-bond acceptors (Lipinski definition) is 8. The predicted octanol–water partition coefficient (Wildman–Crippen LogP) is 2.73. The van der Waals surface area contributed by atoms with Crippen molar-refractivity contribution in [1.29, 1.82) is 0 Å². The first-order valence-electron chi connectivity index (χ1n) is 6.99. The van der Waals surface area contributed by atoms with E-state index >= 15 is 0 Å². The Labute approximate surface area is 140 Å². The van der Waals surface area contributed by atoms with Crippen LogP contribution in [0.2, 0.25) is 0 Å². The maximum atomic E-state index is 11.4. The van der Waals surface area contributed by atoms with Gasteiger partial charge in [-0.15, -0.1) is 0 Å². The zero-order valence-electron chi connectivity index (χ0n) is 12.1. The first-order valence-corrected chi connectivity index (χ1v) is 7.87. The lowest BCUT2D eigenvalue weighted by atomic mass is 10.1. The minimum atomic E-state index is -0.463. The van der Waals surface area contributed by atoms with Gasteiger partial charge in [-0.3, -0.25) is 15.5 Å². The Morgan fingerprint density at radius 1 is 1.29 bits per heavy atom. The first kappa shape index (κ1) is 14.6. The van der Waals surface area contributed by atoms with Gasteiger partial charge in [-0.2, -0.15) is 5.10 Å². The molecule has 2 aliphatic heterocycles. The van der Waals surface area contributed by atoms with Crippen LogP contribution in [0.1, 0.15) is 16.5 Å². The van der Waals surface area contributed by atoms with Gasteiger partial charge in [0.25, 0.3) is 5.69 Å². The molecule has 4 rings (SSSR count). The summed E-state index contributed by atoms with van der Waals surface area (Å²) in [7, 11) is 0. The number of hydrogen-bond donors (Lipinski definition) is 2. The molecule has 2 N–H and O–H groups in total. The fraction of sp³-hybridized carbons (Fsp3) is 0.133. The second-order valence-corrected chi connectivity index (χ2v) is 6.18.